The average molecular weight is 280 g/mol. The van der Waals surface area contributed by atoms with Gasteiger partial charge in [0.15, 0.2) is 0 Å². The molecule has 1 aliphatic rings. The van der Waals surface area contributed by atoms with Crippen LogP contribution < -0.4 is 11.1 Å². The van der Waals surface area contributed by atoms with E-state index >= 15 is 0 Å². The first-order chi connectivity index (χ1) is 9.25. The third kappa shape index (κ3) is 5.15. The summed E-state index contributed by atoms with van der Waals surface area (Å²) < 4.78 is 0. The molecule has 2 atom stereocenters. The molecule has 0 radical (unpaired) electrons. The average Bonchev–Trinajstić information content (AvgIpc) is 2.47. The smallest absolute Gasteiger partial charge is 0.0818 e. The molecular formula is C15H24N2OS. The highest BCUT2D eigenvalue weighted by molar-refractivity contribution is 7.99. The van der Waals surface area contributed by atoms with Crippen LogP contribution in [0.4, 0.5) is 0 Å². The van der Waals surface area contributed by atoms with Crippen LogP contribution in [0.3, 0.4) is 0 Å². The van der Waals surface area contributed by atoms with Gasteiger partial charge < -0.3 is 16.2 Å². The van der Waals surface area contributed by atoms with E-state index in [1.807, 2.05) is 30.0 Å². The monoisotopic (exact) mass is 280 g/mol. The van der Waals surface area contributed by atoms with Gasteiger partial charge in [0.05, 0.1) is 6.10 Å². The van der Waals surface area contributed by atoms with Crippen LogP contribution in [0, 0.1) is 0 Å². The van der Waals surface area contributed by atoms with E-state index in [1.54, 1.807) is 0 Å². The van der Waals surface area contributed by atoms with Gasteiger partial charge in [-0.2, -0.15) is 11.8 Å². The van der Waals surface area contributed by atoms with Crippen molar-refractivity contribution in [3.05, 3.63) is 35.9 Å². The van der Waals surface area contributed by atoms with Gasteiger partial charge in [-0.1, -0.05) is 30.3 Å². The molecule has 19 heavy (non-hydrogen) atoms. The lowest BCUT2D eigenvalue weighted by Gasteiger charge is -2.26. The van der Waals surface area contributed by atoms with Crippen LogP contribution in [-0.2, 0) is 6.42 Å². The Morgan fingerprint density at radius 1 is 1.26 bits per heavy atom. The molecule has 0 aromatic heterocycles. The normalized spacial score (nSPS) is 20.1. The third-order valence-electron chi connectivity index (χ3n) is 3.65. The maximum Gasteiger partial charge on any atom is 0.0818 e. The molecule has 0 aliphatic carbocycles. The molecule has 106 valence electrons. The largest absolute Gasteiger partial charge is 0.390 e. The zero-order valence-electron chi connectivity index (χ0n) is 11.3. The molecule has 2 rings (SSSR count). The van der Waals surface area contributed by atoms with Crippen molar-refractivity contribution in [2.75, 3.05) is 18.1 Å². The predicted molar refractivity (Wildman–Crippen MR) is 82.5 cm³/mol. The first-order valence-corrected chi connectivity index (χ1v) is 8.20. The van der Waals surface area contributed by atoms with Gasteiger partial charge in [0, 0.05) is 18.6 Å². The first kappa shape index (κ1) is 14.9. The van der Waals surface area contributed by atoms with Gasteiger partial charge in [0.25, 0.3) is 0 Å². The molecule has 1 saturated heterocycles. The quantitative estimate of drug-likeness (QED) is 0.737. The topological polar surface area (TPSA) is 58.3 Å². The van der Waals surface area contributed by atoms with Crippen LogP contribution in [0.5, 0.6) is 0 Å². The number of rotatable bonds is 6. The van der Waals surface area contributed by atoms with E-state index in [9.17, 15) is 5.11 Å². The molecule has 0 saturated carbocycles. The van der Waals surface area contributed by atoms with Crippen LogP contribution in [0.1, 0.15) is 18.4 Å². The molecule has 0 unspecified atom stereocenters. The third-order valence-corrected chi connectivity index (χ3v) is 4.69. The molecule has 1 heterocycles. The van der Waals surface area contributed by atoms with E-state index in [4.69, 9.17) is 5.73 Å². The van der Waals surface area contributed by atoms with Gasteiger partial charge in [0.1, 0.15) is 0 Å². The van der Waals surface area contributed by atoms with E-state index in [-0.39, 0.29) is 6.04 Å². The molecule has 1 aromatic carbocycles. The second-order valence-corrected chi connectivity index (χ2v) is 6.44. The van der Waals surface area contributed by atoms with Gasteiger partial charge >= 0.3 is 0 Å². The summed E-state index contributed by atoms with van der Waals surface area (Å²) in [6.07, 6.45) is 2.65. The van der Waals surface area contributed by atoms with Gasteiger partial charge in [-0.05, 0) is 36.3 Å². The van der Waals surface area contributed by atoms with Crippen molar-refractivity contribution >= 4 is 11.8 Å². The summed E-state index contributed by atoms with van der Waals surface area (Å²) in [4.78, 5) is 0. The van der Waals surface area contributed by atoms with Crippen molar-refractivity contribution in [2.24, 2.45) is 5.73 Å². The highest BCUT2D eigenvalue weighted by Crippen LogP contribution is 2.16. The van der Waals surface area contributed by atoms with Crippen LogP contribution >= 0.6 is 11.8 Å². The fraction of sp³-hybridized carbons (Fsp3) is 0.600. The van der Waals surface area contributed by atoms with E-state index in [0.717, 1.165) is 6.42 Å². The molecule has 1 aliphatic heterocycles. The van der Waals surface area contributed by atoms with Crippen molar-refractivity contribution in [3.8, 4) is 0 Å². The number of benzene rings is 1. The van der Waals surface area contributed by atoms with Gasteiger partial charge in [0.2, 0.25) is 0 Å². The minimum absolute atomic E-state index is 0.201. The van der Waals surface area contributed by atoms with Crippen molar-refractivity contribution in [3.63, 3.8) is 0 Å². The number of nitrogens with two attached hydrogens (primary N) is 1. The predicted octanol–water partition coefficient (Wildman–Crippen LogP) is 1.40. The molecular weight excluding hydrogens is 256 g/mol. The van der Waals surface area contributed by atoms with E-state index in [1.165, 1.54) is 29.9 Å². The summed E-state index contributed by atoms with van der Waals surface area (Å²) >= 11 is 2.01. The minimum atomic E-state index is -0.477. The Kier molecular flexibility index (Phi) is 6.17. The lowest BCUT2D eigenvalue weighted by atomic mass is 10.0. The zero-order valence-corrected chi connectivity index (χ0v) is 12.1. The molecule has 4 N–H and O–H groups in total. The summed E-state index contributed by atoms with van der Waals surface area (Å²) in [6, 6.07) is 10.5. The van der Waals surface area contributed by atoms with Gasteiger partial charge in [-0.15, -0.1) is 0 Å². The Balaban J connectivity index is 1.71. The Hall–Kier alpha value is -0.550. The molecule has 3 nitrogen and oxygen atoms in total. The minimum Gasteiger partial charge on any atom is -0.390 e. The highest BCUT2D eigenvalue weighted by Gasteiger charge is 2.18. The number of aliphatic hydroxyl groups excluding tert-OH is 1. The van der Waals surface area contributed by atoms with Crippen LogP contribution in [-0.4, -0.2) is 41.3 Å². The van der Waals surface area contributed by atoms with Crippen LogP contribution in [0.2, 0.25) is 0 Å². The number of thioether (sulfide) groups is 1. The number of hydrogen-bond acceptors (Lipinski definition) is 4. The first-order valence-electron chi connectivity index (χ1n) is 7.04. The fourth-order valence-electron chi connectivity index (χ4n) is 2.36. The number of hydrogen-bond donors (Lipinski definition) is 3. The van der Waals surface area contributed by atoms with E-state index in [0.29, 0.717) is 12.6 Å². The summed E-state index contributed by atoms with van der Waals surface area (Å²) in [7, 11) is 0. The number of nitrogens with one attached hydrogen (secondary N) is 1. The SMILES string of the molecule is N[C@@H](Cc1ccccc1)[C@H](O)CNC1CCSCC1. The molecule has 1 aromatic rings. The molecule has 0 bridgehead atoms. The van der Waals surface area contributed by atoms with Gasteiger partial charge in [-0.3, -0.25) is 0 Å². The van der Waals surface area contributed by atoms with Crippen LogP contribution in [0.15, 0.2) is 30.3 Å². The second-order valence-electron chi connectivity index (χ2n) is 5.22. The standard InChI is InChI=1S/C15H24N2OS/c16-14(10-12-4-2-1-3-5-12)15(18)11-17-13-6-8-19-9-7-13/h1-5,13-15,17-18H,6-11,16H2/t14-,15+/m0/s1. The Morgan fingerprint density at radius 3 is 2.63 bits per heavy atom. The lowest BCUT2D eigenvalue weighted by molar-refractivity contribution is 0.137. The molecule has 0 spiro atoms. The maximum absolute atomic E-state index is 10.1. The van der Waals surface area contributed by atoms with Crippen molar-refractivity contribution in [1.29, 1.82) is 0 Å². The van der Waals surface area contributed by atoms with Gasteiger partial charge in [-0.25, -0.2) is 0 Å². The van der Waals surface area contributed by atoms with E-state index < -0.39 is 6.10 Å². The summed E-state index contributed by atoms with van der Waals surface area (Å²) in [6.45, 7) is 0.601. The van der Waals surface area contributed by atoms with Crippen LogP contribution in [0.25, 0.3) is 0 Å². The van der Waals surface area contributed by atoms with Crippen molar-refractivity contribution in [2.45, 2.75) is 37.5 Å². The highest BCUT2D eigenvalue weighted by atomic mass is 32.2. The number of aliphatic hydroxyl groups is 1. The zero-order chi connectivity index (χ0) is 13.5. The second kappa shape index (κ2) is 7.90. The fourth-order valence-corrected chi connectivity index (χ4v) is 3.47. The molecule has 0 amide bonds. The molecule has 4 heteroatoms. The Morgan fingerprint density at radius 2 is 1.95 bits per heavy atom. The Labute approximate surface area is 120 Å². The summed E-state index contributed by atoms with van der Waals surface area (Å²) in [5, 5.41) is 13.6. The maximum atomic E-state index is 10.1. The summed E-state index contributed by atoms with van der Waals surface area (Å²) in [5.41, 5.74) is 7.25. The summed E-state index contributed by atoms with van der Waals surface area (Å²) in [5.74, 6) is 2.45. The van der Waals surface area contributed by atoms with Crippen molar-refractivity contribution in [1.82, 2.24) is 5.32 Å². The molecule has 1 fully saturated rings. The van der Waals surface area contributed by atoms with E-state index in [2.05, 4.69) is 17.4 Å². The van der Waals surface area contributed by atoms with Crippen molar-refractivity contribution < 1.29 is 5.11 Å². The Bertz CT molecular complexity index is 354. The lowest BCUT2D eigenvalue weighted by Crippen LogP contribution is -2.46.